The van der Waals surface area contributed by atoms with E-state index in [9.17, 15) is 18.0 Å². The molecule has 0 saturated heterocycles. The first-order chi connectivity index (χ1) is 10.2. The fourth-order valence-electron chi connectivity index (χ4n) is 1.66. The number of anilines is 1. The van der Waals surface area contributed by atoms with E-state index in [0.29, 0.717) is 10.7 Å². The monoisotopic (exact) mass is 551 g/mol. The Kier molecular flexibility index (Phi) is 5.59. The third-order valence-corrected chi connectivity index (χ3v) is 4.49. The van der Waals surface area contributed by atoms with Crippen LogP contribution in [0.15, 0.2) is 36.4 Å². The van der Waals surface area contributed by atoms with E-state index in [2.05, 4.69) is 27.9 Å². The minimum absolute atomic E-state index is 0.124. The zero-order chi connectivity index (χ0) is 16.5. The molecule has 2 rings (SSSR count). The van der Waals surface area contributed by atoms with Crippen molar-refractivity contribution in [3.05, 3.63) is 59.7 Å². The molecule has 0 spiro atoms. The van der Waals surface area contributed by atoms with Gasteiger partial charge in [-0.2, -0.15) is 13.2 Å². The average molecular weight is 551 g/mol. The predicted molar refractivity (Wildman–Crippen MR) is 96.3 cm³/mol. The Morgan fingerprint density at radius 2 is 1.68 bits per heavy atom. The van der Waals surface area contributed by atoms with Crippen LogP contribution < -0.4 is 5.32 Å². The summed E-state index contributed by atoms with van der Waals surface area (Å²) in [7, 11) is 0. The van der Waals surface area contributed by atoms with Crippen LogP contribution in [0.1, 0.15) is 15.9 Å². The van der Waals surface area contributed by atoms with Crippen molar-refractivity contribution in [2.45, 2.75) is 6.18 Å². The lowest BCUT2D eigenvalue weighted by Crippen LogP contribution is -2.14. The van der Waals surface area contributed by atoms with Gasteiger partial charge in [0, 0.05) is 12.7 Å². The molecule has 0 saturated carbocycles. The van der Waals surface area contributed by atoms with Gasteiger partial charge in [-0.1, -0.05) is 11.6 Å². The SMILES string of the molecule is O=C(Nc1c(Cl)cc(I)cc1I)c1ccc(C(F)(F)F)cc1. The van der Waals surface area contributed by atoms with E-state index in [1.165, 1.54) is 0 Å². The number of alkyl halides is 3. The number of nitrogens with one attached hydrogen (secondary N) is 1. The zero-order valence-electron chi connectivity index (χ0n) is 10.6. The number of hydrogen-bond acceptors (Lipinski definition) is 1. The van der Waals surface area contributed by atoms with Crippen LogP contribution in [0.5, 0.6) is 0 Å². The molecule has 0 aliphatic rings. The lowest BCUT2D eigenvalue weighted by Gasteiger charge is -2.11. The second kappa shape index (κ2) is 6.91. The summed E-state index contributed by atoms with van der Waals surface area (Å²) in [5.41, 5.74) is -0.239. The van der Waals surface area contributed by atoms with Crippen molar-refractivity contribution in [3.63, 3.8) is 0 Å². The van der Waals surface area contributed by atoms with Gasteiger partial charge < -0.3 is 5.32 Å². The predicted octanol–water partition coefficient (Wildman–Crippen LogP) is 5.82. The van der Waals surface area contributed by atoms with Crippen LogP contribution in [-0.4, -0.2) is 5.91 Å². The summed E-state index contributed by atoms with van der Waals surface area (Å²) in [5, 5.41) is 2.99. The molecule has 0 fully saturated rings. The maximum Gasteiger partial charge on any atom is 0.416 e. The molecule has 0 aliphatic heterocycles. The second-order valence-electron chi connectivity index (χ2n) is 4.27. The molecule has 22 heavy (non-hydrogen) atoms. The van der Waals surface area contributed by atoms with Crippen LogP contribution in [0.25, 0.3) is 0 Å². The molecule has 0 aromatic heterocycles. The Bertz CT molecular complexity index is 694. The second-order valence-corrected chi connectivity index (χ2v) is 7.09. The lowest BCUT2D eigenvalue weighted by atomic mass is 10.1. The fraction of sp³-hybridized carbons (Fsp3) is 0.0714. The largest absolute Gasteiger partial charge is 0.416 e. The normalized spacial score (nSPS) is 11.4. The average Bonchev–Trinajstić information content (AvgIpc) is 2.41. The van der Waals surface area contributed by atoms with E-state index in [1.54, 1.807) is 6.07 Å². The maximum atomic E-state index is 12.5. The van der Waals surface area contributed by atoms with Gasteiger partial charge in [-0.3, -0.25) is 4.79 Å². The Morgan fingerprint density at radius 1 is 1.09 bits per heavy atom. The van der Waals surface area contributed by atoms with Crippen molar-refractivity contribution in [1.82, 2.24) is 0 Å². The van der Waals surface area contributed by atoms with E-state index in [-0.39, 0.29) is 5.56 Å². The van der Waals surface area contributed by atoms with Crippen LogP contribution in [-0.2, 0) is 6.18 Å². The summed E-state index contributed by atoms with van der Waals surface area (Å²) in [6.45, 7) is 0. The van der Waals surface area contributed by atoms with E-state index in [4.69, 9.17) is 11.6 Å². The minimum atomic E-state index is -4.43. The van der Waals surface area contributed by atoms with Gasteiger partial charge in [0.05, 0.1) is 16.3 Å². The third kappa shape index (κ3) is 4.25. The molecule has 0 unspecified atom stereocenters. The van der Waals surface area contributed by atoms with Crippen LogP contribution >= 0.6 is 56.8 Å². The van der Waals surface area contributed by atoms with Crippen molar-refractivity contribution in [3.8, 4) is 0 Å². The van der Waals surface area contributed by atoms with Gasteiger partial charge in [-0.05, 0) is 81.6 Å². The zero-order valence-corrected chi connectivity index (χ0v) is 15.7. The van der Waals surface area contributed by atoms with Crippen LogP contribution in [0.3, 0.4) is 0 Å². The van der Waals surface area contributed by atoms with Gasteiger partial charge >= 0.3 is 6.18 Å². The highest BCUT2D eigenvalue weighted by molar-refractivity contribution is 14.1. The highest BCUT2D eigenvalue weighted by atomic mass is 127. The Balaban J connectivity index is 2.23. The Labute approximate surface area is 156 Å². The van der Waals surface area contributed by atoms with Gasteiger partial charge in [0.25, 0.3) is 5.91 Å². The van der Waals surface area contributed by atoms with Gasteiger partial charge in [-0.25, -0.2) is 0 Å². The Morgan fingerprint density at radius 3 is 2.18 bits per heavy atom. The topological polar surface area (TPSA) is 29.1 Å². The number of benzene rings is 2. The molecule has 0 aliphatic carbocycles. The molecule has 2 aromatic rings. The first kappa shape index (κ1) is 17.8. The number of carbonyl (C=O) groups is 1. The number of halogens is 6. The number of rotatable bonds is 2. The summed E-state index contributed by atoms with van der Waals surface area (Å²) < 4.78 is 39.1. The van der Waals surface area contributed by atoms with Gasteiger partial charge in [0.2, 0.25) is 0 Å². The molecule has 116 valence electrons. The van der Waals surface area contributed by atoms with Crippen LogP contribution in [0.2, 0.25) is 5.02 Å². The van der Waals surface area contributed by atoms with E-state index in [0.717, 1.165) is 31.4 Å². The molecule has 0 atom stereocenters. The number of amides is 1. The first-order valence-electron chi connectivity index (χ1n) is 5.81. The van der Waals surface area contributed by atoms with Crippen molar-refractivity contribution in [2.75, 3.05) is 5.32 Å². The van der Waals surface area contributed by atoms with Crippen molar-refractivity contribution in [1.29, 1.82) is 0 Å². The van der Waals surface area contributed by atoms with Gasteiger partial charge in [-0.15, -0.1) is 0 Å². The molecule has 0 bridgehead atoms. The maximum absolute atomic E-state index is 12.5. The summed E-state index contributed by atoms with van der Waals surface area (Å²) in [6.07, 6.45) is -4.43. The fourth-order valence-corrected chi connectivity index (χ4v) is 4.25. The third-order valence-electron chi connectivity index (χ3n) is 2.72. The molecule has 0 radical (unpaired) electrons. The van der Waals surface area contributed by atoms with Gasteiger partial charge in [0.1, 0.15) is 0 Å². The number of carbonyl (C=O) groups excluding carboxylic acids is 1. The molecule has 8 heteroatoms. The molecule has 1 amide bonds. The van der Waals surface area contributed by atoms with E-state index < -0.39 is 17.6 Å². The highest BCUT2D eigenvalue weighted by Gasteiger charge is 2.30. The highest BCUT2D eigenvalue weighted by Crippen LogP contribution is 2.31. The van der Waals surface area contributed by atoms with Gasteiger partial charge in [0.15, 0.2) is 0 Å². The summed E-state index contributed by atoms with van der Waals surface area (Å²) in [4.78, 5) is 12.1. The van der Waals surface area contributed by atoms with E-state index in [1.807, 2.05) is 28.7 Å². The molecule has 1 N–H and O–H groups in total. The summed E-state index contributed by atoms with van der Waals surface area (Å²) in [5.74, 6) is -0.519. The van der Waals surface area contributed by atoms with Crippen molar-refractivity contribution < 1.29 is 18.0 Å². The first-order valence-corrected chi connectivity index (χ1v) is 8.35. The molecule has 0 heterocycles. The van der Waals surface area contributed by atoms with Crippen molar-refractivity contribution in [2.24, 2.45) is 0 Å². The van der Waals surface area contributed by atoms with Crippen LogP contribution in [0, 0.1) is 7.14 Å². The lowest BCUT2D eigenvalue weighted by molar-refractivity contribution is -0.137. The summed E-state index contributed by atoms with van der Waals surface area (Å²) in [6, 6.07) is 7.52. The summed E-state index contributed by atoms with van der Waals surface area (Å²) >= 11 is 10.2. The molecule has 2 nitrogen and oxygen atoms in total. The standard InChI is InChI=1S/C14H7ClF3I2NO/c15-10-5-9(19)6-11(20)12(10)21-13(22)7-1-3-8(4-2-7)14(16,17)18/h1-6H,(H,21,22). The van der Waals surface area contributed by atoms with E-state index >= 15 is 0 Å². The van der Waals surface area contributed by atoms with Crippen molar-refractivity contribution >= 4 is 68.4 Å². The number of hydrogen-bond donors (Lipinski definition) is 1. The molecule has 2 aromatic carbocycles. The van der Waals surface area contributed by atoms with Crippen LogP contribution in [0.4, 0.5) is 18.9 Å². The Hall–Kier alpha value is -0.550. The minimum Gasteiger partial charge on any atom is -0.320 e. The molecular weight excluding hydrogens is 544 g/mol. The quantitative estimate of drug-likeness (QED) is 0.469. The molecular formula is C14H7ClF3I2NO. The smallest absolute Gasteiger partial charge is 0.320 e.